The molecule has 1 heterocycles. The van der Waals surface area contributed by atoms with E-state index in [0.29, 0.717) is 0 Å². The molecular formula is C13H10ClN2O3S-. The number of hydrogen-bond acceptors (Lipinski definition) is 5. The summed E-state index contributed by atoms with van der Waals surface area (Å²) in [5.74, 6) is -0.679. The molecule has 2 rings (SSSR count). The molecule has 1 atom stereocenters. The van der Waals surface area contributed by atoms with E-state index < -0.39 is 16.4 Å². The third-order valence-electron chi connectivity index (χ3n) is 2.65. The van der Waals surface area contributed by atoms with E-state index in [4.69, 9.17) is 11.6 Å². The third-order valence-corrected chi connectivity index (χ3v) is 3.91. The van der Waals surface area contributed by atoms with Crippen LogP contribution in [0.5, 0.6) is 5.75 Å². The normalized spacial score (nSPS) is 12.7. The highest BCUT2D eigenvalue weighted by molar-refractivity contribution is 7.10. The van der Waals surface area contributed by atoms with Gasteiger partial charge in [-0.1, -0.05) is 17.7 Å². The number of hydrogen-bond donors (Lipinski definition) is 0. The Morgan fingerprint density at radius 3 is 2.85 bits per heavy atom. The van der Waals surface area contributed by atoms with E-state index in [1.165, 1.54) is 12.3 Å². The summed E-state index contributed by atoms with van der Waals surface area (Å²) in [5.41, 5.74) is -0.421. The number of aliphatic imine (C=N–C) groups is 1. The number of rotatable bonds is 4. The summed E-state index contributed by atoms with van der Waals surface area (Å²) in [6.07, 6.45) is 1.34. The van der Waals surface area contributed by atoms with Gasteiger partial charge in [-0.25, -0.2) is 0 Å². The number of nitro groups is 1. The smallest absolute Gasteiger partial charge is 0.263 e. The second kappa shape index (κ2) is 6.02. The fourth-order valence-corrected chi connectivity index (χ4v) is 2.58. The summed E-state index contributed by atoms with van der Waals surface area (Å²) in [5, 5.41) is 24.7. The third kappa shape index (κ3) is 3.15. The minimum absolute atomic E-state index is 0.118. The zero-order valence-corrected chi connectivity index (χ0v) is 12.0. The molecule has 1 aromatic carbocycles. The van der Waals surface area contributed by atoms with Crippen LogP contribution in [0.25, 0.3) is 0 Å². The van der Waals surface area contributed by atoms with E-state index in [0.717, 1.165) is 10.9 Å². The Labute approximate surface area is 124 Å². The Morgan fingerprint density at radius 1 is 1.50 bits per heavy atom. The van der Waals surface area contributed by atoms with Crippen LogP contribution >= 0.6 is 22.9 Å². The van der Waals surface area contributed by atoms with E-state index in [1.807, 2.05) is 24.4 Å². The van der Waals surface area contributed by atoms with Gasteiger partial charge in [0.15, 0.2) is 0 Å². The van der Waals surface area contributed by atoms with E-state index >= 15 is 0 Å². The molecule has 104 valence electrons. The lowest BCUT2D eigenvalue weighted by Gasteiger charge is -2.11. The molecule has 5 nitrogen and oxygen atoms in total. The van der Waals surface area contributed by atoms with Crippen LogP contribution in [0.2, 0.25) is 5.02 Å². The Bertz CT molecular complexity index is 656. The molecule has 0 saturated carbocycles. The molecule has 2 aromatic rings. The van der Waals surface area contributed by atoms with Crippen LogP contribution in [0, 0.1) is 10.1 Å². The highest BCUT2D eigenvalue weighted by atomic mass is 35.5. The number of benzene rings is 1. The molecule has 7 heteroatoms. The van der Waals surface area contributed by atoms with Crippen LogP contribution in [0.3, 0.4) is 0 Å². The van der Waals surface area contributed by atoms with Gasteiger partial charge in [0.2, 0.25) is 0 Å². The molecule has 0 aliphatic heterocycles. The summed E-state index contributed by atoms with van der Waals surface area (Å²) in [6.45, 7) is 1.88. The first-order valence-corrected chi connectivity index (χ1v) is 6.96. The summed E-state index contributed by atoms with van der Waals surface area (Å²) in [4.78, 5) is 15.3. The lowest BCUT2D eigenvalue weighted by Crippen LogP contribution is -2.02. The monoisotopic (exact) mass is 309 g/mol. The predicted octanol–water partition coefficient (Wildman–Crippen LogP) is 3.56. The zero-order chi connectivity index (χ0) is 14.7. The minimum atomic E-state index is -0.742. The first kappa shape index (κ1) is 14.5. The first-order chi connectivity index (χ1) is 9.49. The van der Waals surface area contributed by atoms with Crippen LogP contribution in [0.15, 0.2) is 34.6 Å². The lowest BCUT2D eigenvalue weighted by molar-refractivity contribution is -0.398. The van der Waals surface area contributed by atoms with Crippen molar-refractivity contribution in [3.8, 4) is 5.75 Å². The quantitative estimate of drug-likeness (QED) is 0.492. The van der Waals surface area contributed by atoms with E-state index in [2.05, 4.69) is 4.99 Å². The average molecular weight is 310 g/mol. The van der Waals surface area contributed by atoms with Gasteiger partial charge in [0.05, 0.1) is 11.0 Å². The van der Waals surface area contributed by atoms with Crippen molar-refractivity contribution in [1.82, 2.24) is 0 Å². The fourth-order valence-electron chi connectivity index (χ4n) is 1.63. The molecule has 0 aliphatic rings. The molecule has 0 bridgehead atoms. The molecule has 0 aliphatic carbocycles. The largest absolute Gasteiger partial charge is 0.867 e. The molecule has 0 N–H and O–H groups in total. The van der Waals surface area contributed by atoms with Gasteiger partial charge in [-0.05, 0) is 35.7 Å². The van der Waals surface area contributed by atoms with Gasteiger partial charge in [-0.2, -0.15) is 0 Å². The second-order valence-electron chi connectivity index (χ2n) is 4.07. The molecule has 20 heavy (non-hydrogen) atoms. The lowest BCUT2D eigenvalue weighted by atomic mass is 10.2. The van der Waals surface area contributed by atoms with Gasteiger partial charge in [-0.3, -0.25) is 15.1 Å². The standard InChI is InChI=1S/C13H11ClN2O3S/c1-8(12-3-2-4-20-12)15-7-9-5-10(14)6-11(13(9)17)16(18)19/h2-8,17H,1H3/p-1/t8-/m0/s1. The molecule has 1 aromatic heterocycles. The van der Waals surface area contributed by atoms with Crippen molar-refractivity contribution in [1.29, 1.82) is 0 Å². The highest BCUT2D eigenvalue weighted by Crippen LogP contribution is 2.30. The van der Waals surface area contributed by atoms with E-state index in [-0.39, 0.29) is 16.6 Å². The molecule has 0 saturated heterocycles. The van der Waals surface area contributed by atoms with Gasteiger partial charge in [-0.15, -0.1) is 11.3 Å². The Hall–Kier alpha value is -1.92. The van der Waals surface area contributed by atoms with Crippen molar-refractivity contribution in [2.75, 3.05) is 0 Å². The summed E-state index contributed by atoms with van der Waals surface area (Å²) < 4.78 is 0. The molecule has 0 radical (unpaired) electrons. The van der Waals surface area contributed by atoms with Crippen LogP contribution in [-0.2, 0) is 0 Å². The van der Waals surface area contributed by atoms with Crippen molar-refractivity contribution in [3.63, 3.8) is 0 Å². The van der Waals surface area contributed by atoms with Crippen molar-refractivity contribution in [3.05, 3.63) is 55.2 Å². The van der Waals surface area contributed by atoms with Crippen molar-refractivity contribution >= 4 is 34.8 Å². The summed E-state index contributed by atoms with van der Waals surface area (Å²) in [6, 6.07) is 6.15. The van der Waals surface area contributed by atoms with E-state index in [9.17, 15) is 15.2 Å². The number of halogens is 1. The van der Waals surface area contributed by atoms with Gasteiger partial charge in [0.1, 0.15) is 0 Å². The number of thiophene rings is 1. The molecule has 0 amide bonds. The SMILES string of the molecule is C[C@H](N=Cc1cc(Cl)cc([N+](=O)[O-])c1[O-])c1cccs1. The zero-order valence-electron chi connectivity index (χ0n) is 10.4. The second-order valence-corrected chi connectivity index (χ2v) is 5.49. The van der Waals surface area contributed by atoms with Crippen LogP contribution in [0.4, 0.5) is 5.69 Å². The topological polar surface area (TPSA) is 78.6 Å². The van der Waals surface area contributed by atoms with Crippen molar-refractivity contribution < 1.29 is 10.0 Å². The summed E-state index contributed by atoms with van der Waals surface area (Å²) >= 11 is 7.33. The Kier molecular flexibility index (Phi) is 4.36. The van der Waals surface area contributed by atoms with Gasteiger partial charge < -0.3 is 5.11 Å². The number of nitro benzene ring substituents is 1. The molecule has 0 unspecified atom stereocenters. The Balaban J connectivity index is 2.32. The molecule has 0 fully saturated rings. The minimum Gasteiger partial charge on any atom is -0.867 e. The molecule has 0 spiro atoms. The van der Waals surface area contributed by atoms with Gasteiger partial charge >= 0.3 is 0 Å². The Morgan fingerprint density at radius 2 is 2.25 bits per heavy atom. The maximum absolute atomic E-state index is 11.9. The molecular weight excluding hydrogens is 300 g/mol. The van der Waals surface area contributed by atoms with Crippen LogP contribution in [0.1, 0.15) is 23.4 Å². The number of nitrogens with zero attached hydrogens (tertiary/aromatic N) is 2. The van der Waals surface area contributed by atoms with Crippen molar-refractivity contribution in [2.24, 2.45) is 4.99 Å². The van der Waals surface area contributed by atoms with E-state index in [1.54, 1.807) is 11.3 Å². The highest BCUT2D eigenvalue weighted by Gasteiger charge is 2.11. The fraction of sp³-hybridized carbons (Fsp3) is 0.154. The average Bonchev–Trinajstić information content (AvgIpc) is 2.92. The van der Waals surface area contributed by atoms with Crippen LogP contribution < -0.4 is 5.11 Å². The maximum Gasteiger partial charge on any atom is 0.263 e. The predicted molar refractivity (Wildman–Crippen MR) is 77.9 cm³/mol. The van der Waals surface area contributed by atoms with Gasteiger partial charge in [0.25, 0.3) is 5.69 Å². The first-order valence-electron chi connectivity index (χ1n) is 5.70. The van der Waals surface area contributed by atoms with Crippen molar-refractivity contribution in [2.45, 2.75) is 13.0 Å². The van der Waals surface area contributed by atoms with Gasteiger partial charge in [0, 0.05) is 22.2 Å². The maximum atomic E-state index is 11.9. The summed E-state index contributed by atoms with van der Waals surface area (Å²) in [7, 11) is 0. The van der Waals surface area contributed by atoms with Crippen LogP contribution in [-0.4, -0.2) is 11.1 Å².